The van der Waals surface area contributed by atoms with Gasteiger partial charge in [0.25, 0.3) is 0 Å². The van der Waals surface area contributed by atoms with Crippen LogP contribution in [-0.4, -0.2) is 25.2 Å². The zero-order chi connectivity index (χ0) is 20.3. The number of hydrogen-bond donors (Lipinski definition) is 0. The van der Waals surface area contributed by atoms with Gasteiger partial charge in [-0.3, -0.25) is 0 Å². The van der Waals surface area contributed by atoms with Crippen LogP contribution in [0.1, 0.15) is 91.8 Å². The van der Waals surface area contributed by atoms with Gasteiger partial charge in [0.15, 0.2) is 0 Å². The number of ether oxygens (including phenoxy) is 2. The normalized spacial score (nSPS) is 29.6. The summed E-state index contributed by atoms with van der Waals surface area (Å²) in [6.07, 6.45) is 12.1. The molecule has 4 fully saturated rings. The topological polar surface area (TPSA) is 52.6 Å². The molecule has 0 heterocycles. The molecule has 4 aliphatic carbocycles. The maximum absolute atomic E-state index is 12.7. The van der Waals surface area contributed by atoms with Crippen molar-refractivity contribution >= 4 is 11.9 Å². The molecule has 0 radical (unpaired) electrons. The molecule has 0 amide bonds. The number of unbranched alkanes of at least 4 members (excludes halogenated alkanes) is 3. The highest BCUT2D eigenvalue weighted by molar-refractivity contribution is 5.95. The Bertz CT molecular complexity index is 703. The molecule has 29 heavy (non-hydrogen) atoms. The van der Waals surface area contributed by atoms with Gasteiger partial charge in [-0.15, -0.1) is 0 Å². The van der Waals surface area contributed by atoms with Crippen molar-refractivity contribution < 1.29 is 19.1 Å². The monoisotopic (exact) mass is 398 g/mol. The fourth-order valence-corrected chi connectivity index (χ4v) is 6.32. The lowest BCUT2D eigenvalue weighted by atomic mass is 9.50. The maximum atomic E-state index is 12.7. The van der Waals surface area contributed by atoms with E-state index in [2.05, 4.69) is 6.92 Å². The van der Waals surface area contributed by atoms with Crippen molar-refractivity contribution in [2.45, 2.75) is 71.1 Å². The van der Waals surface area contributed by atoms with Gasteiger partial charge in [0.2, 0.25) is 0 Å². The third kappa shape index (κ3) is 4.84. The third-order valence-corrected chi connectivity index (χ3v) is 7.24. The van der Waals surface area contributed by atoms with E-state index in [9.17, 15) is 9.59 Å². The van der Waals surface area contributed by atoms with Crippen molar-refractivity contribution in [2.24, 2.45) is 23.2 Å². The van der Waals surface area contributed by atoms with Gasteiger partial charge in [-0.25, -0.2) is 9.59 Å². The van der Waals surface area contributed by atoms with Crippen LogP contribution in [0.3, 0.4) is 0 Å². The number of hydrogen-bond acceptors (Lipinski definition) is 4. The van der Waals surface area contributed by atoms with Crippen LogP contribution in [0, 0.1) is 23.2 Å². The zero-order valence-electron chi connectivity index (χ0n) is 17.7. The molecule has 5 rings (SSSR count). The quantitative estimate of drug-likeness (QED) is 0.390. The summed E-state index contributed by atoms with van der Waals surface area (Å²) in [6, 6.07) is 6.76. The van der Waals surface area contributed by atoms with Crippen molar-refractivity contribution in [3.8, 4) is 0 Å². The Labute approximate surface area is 174 Å². The van der Waals surface area contributed by atoms with E-state index >= 15 is 0 Å². The summed E-state index contributed by atoms with van der Waals surface area (Å²) < 4.78 is 11.1. The summed E-state index contributed by atoms with van der Waals surface area (Å²) in [5.41, 5.74) is 1.07. The van der Waals surface area contributed by atoms with Gasteiger partial charge in [0, 0.05) is 5.41 Å². The fourth-order valence-electron chi connectivity index (χ4n) is 6.32. The van der Waals surface area contributed by atoms with Gasteiger partial charge in [-0.2, -0.15) is 0 Å². The number of esters is 2. The SMILES string of the molecule is CCCCCCOC(=O)c1cccc(C(=O)OCC23CC4CC(CC(C4)C2)C3)c1. The van der Waals surface area contributed by atoms with E-state index in [0.717, 1.165) is 43.4 Å². The molecule has 4 heteroatoms. The summed E-state index contributed by atoms with van der Waals surface area (Å²) in [5, 5.41) is 0. The molecule has 0 aliphatic heterocycles. The van der Waals surface area contributed by atoms with E-state index in [4.69, 9.17) is 9.47 Å². The second-order valence-corrected chi connectivity index (χ2v) is 9.77. The first kappa shape index (κ1) is 20.4. The van der Waals surface area contributed by atoms with E-state index < -0.39 is 0 Å². The van der Waals surface area contributed by atoms with Crippen LogP contribution in [0.15, 0.2) is 24.3 Å². The molecule has 4 bridgehead atoms. The molecule has 4 saturated carbocycles. The summed E-state index contributed by atoms with van der Waals surface area (Å²) in [4.78, 5) is 24.9. The van der Waals surface area contributed by atoms with Crippen LogP contribution in [0.2, 0.25) is 0 Å². The van der Waals surface area contributed by atoms with Crippen LogP contribution in [0.4, 0.5) is 0 Å². The van der Waals surface area contributed by atoms with Crippen molar-refractivity contribution in [2.75, 3.05) is 13.2 Å². The molecule has 1 aromatic rings. The Morgan fingerprint density at radius 3 is 2.07 bits per heavy atom. The minimum absolute atomic E-state index is 0.208. The minimum Gasteiger partial charge on any atom is -0.462 e. The van der Waals surface area contributed by atoms with Crippen LogP contribution < -0.4 is 0 Å². The van der Waals surface area contributed by atoms with Crippen LogP contribution >= 0.6 is 0 Å². The smallest absolute Gasteiger partial charge is 0.338 e. The highest BCUT2D eigenvalue weighted by atomic mass is 16.5. The average Bonchev–Trinajstić information content (AvgIpc) is 2.71. The van der Waals surface area contributed by atoms with Crippen molar-refractivity contribution in [1.82, 2.24) is 0 Å². The van der Waals surface area contributed by atoms with Gasteiger partial charge in [0.1, 0.15) is 0 Å². The zero-order valence-corrected chi connectivity index (χ0v) is 17.7. The molecule has 0 aromatic heterocycles. The van der Waals surface area contributed by atoms with Crippen LogP contribution in [0.5, 0.6) is 0 Å². The van der Waals surface area contributed by atoms with Crippen LogP contribution in [-0.2, 0) is 9.47 Å². The van der Waals surface area contributed by atoms with Gasteiger partial charge in [0.05, 0.1) is 24.3 Å². The molecular weight excluding hydrogens is 364 g/mol. The van der Waals surface area contributed by atoms with Crippen LogP contribution in [0.25, 0.3) is 0 Å². The summed E-state index contributed by atoms with van der Waals surface area (Å²) in [7, 11) is 0. The summed E-state index contributed by atoms with van der Waals surface area (Å²) in [5.74, 6) is 1.84. The molecule has 4 aliphatic rings. The number of carbonyl (C=O) groups excluding carboxylic acids is 2. The molecule has 0 atom stereocenters. The van der Waals surface area contributed by atoms with Gasteiger partial charge in [-0.05, 0) is 80.9 Å². The third-order valence-electron chi connectivity index (χ3n) is 7.24. The van der Waals surface area contributed by atoms with Crippen molar-refractivity contribution in [1.29, 1.82) is 0 Å². The maximum Gasteiger partial charge on any atom is 0.338 e. The molecule has 0 saturated heterocycles. The lowest BCUT2D eigenvalue weighted by molar-refractivity contribution is -0.0848. The van der Waals surface area contributed by atoms with E-state index in [1.54, 1.807) is 24.3 Å². The van der Waals surface area contributed by atoms with E-state index in [0.29, 0.717) is 24.3 Å². The van der Waals surface area contributed by atoms with Crippen molar-refractivity contribution in [3.63, 3.8) is 0 Å². The number of benzene rings is 1. The minimum atomic E-state index is -0.364. The second kappa shape index (κ2) is 8.89. The Hall–Kier alpha value is -1.84. The number of carbonyl (C=O) groups is 2. The van der Waals surface area contributed by atoms with Gasteiger partial charge < -0.3 is 9.47 Å². The highest BCUT2D eigenvalue weighted by Gasteiger charge is 2.51. The Balaban J connectivity index is 1.30. The molecule has 0 N–H and O–H groups in total. The Morgan fingerprint density at radius 1 is 0.897 bits per heavy atom. The van der Waals surface area contributed by atoms with Gasteiger partial charge in [-0.1, -0.05) is 32.3 Å². The van der Waals surface area contributed by atoms with Crippen molar-refractivity contribution in [3.05, 3.63) is 35.4 Å². The molecule has 4 nitrogen and oxygen atoms in total. The molecule has 1 aromatic carbocycles. The lowest BCUT2D eigenvalue weighted by Gasteiger charge is -2.56. The Morgan fingerprint density at radius 2 is 1.48 bits per heavy atom. The molecular formula is C25H34O4. The average molecular weight is 399 g/mol. The second-order valence-electron chi connectivity index (χ2n) is 9.77. The largest absolute Gasteiger partial charge is 0.462 e. The molecule has 0 spiro atoms. The Kier molecular flexibility index (Phi) is 6.26. The molecule has 158 valence electrons. The first-order valence-electron chi connectivity index (χ1n) is 11.5. The van der Waals surface area contributed by atoms with Gasteiger partial charge >= 0.3 is 11.9 Å². The predicted octanol–water partition coefficient (Wildman–Crippen LogP) is 5.80. The predicted molar refractivity (Wildman–Crippen MR) is 112 cm³/mol. The molecule has 0 unspecified atom stereocenters. The first-order chi connectivity index (χ1) is 14.1. The van der Waals surface area contributed by atoms with E-state index in [1.807, 2.05) is 0 Å². The number of rotatable bonds is 9. The van der Waals surface area contributed by atoms with E-state index in [-0.39, 0.29) is 17.4 Å². The standard InChI is InChI=1S/C25H34O4/c1-2-3-4-5-9-28-23(26)21-7-6-8-22(13-21)24(27)29-17-25-14-18-10-19(15-25)12-20(11-18)16-25/h6-8,13,18-20H,2-5,9-12,14-17H2,1H3. The highest BCUT2D eigenvalue weighted by Crippen LogP contribution is 2.60. The fraction of sp³-hybridized carbons (Fsp3) is 0.680. The lowest BCUT2D eigenvalue weighted by Crippen LogP contribution is -2.48. The summed E-state index contributed by atoms with van der Waals surface area (Å²) in [6.45, 7) is 3.11. The summed E-state index contributed by atoms with van der Waals surface area (Å²) >= 11 is 0. The first-order valence-corrected chi connectivity index (χ1v) is 11.5. The van der Waals surface area contributed by atoms with E-state index in [1.165, 1.54) is 38.5 Å².